The van der Waals surface area contributed by atoms with Crippen molar-refractivity contribution in [3.63, 3.8) is 0 Å². The molecule has 6 atom stereocenters. The molecule has 0 aliphatic carbocycles. The van der Waals surface area contributed by atoms with Gasteiger partial charge < -0.3 is 29.4 Å². The van der Waals surface area contributed by atoms with Gasteiger partial charge in [-0.15, -0.1) is 13.2 Å². The van der Waals surface area contributed by atoms with Gasteiger partial charge in [0.15, 0.2) is 0 Å². The highest BCUT2D eigenvalue weighted by molar-refractivity contribution is 9.09. The van der Waals surface area contributed by atoms with Gasteiger partial charge in [0, 0.05) is 62.1 Å². The summed E-state index contributed by atoms with van der Waals surface area (Å²) in [6.07, 6.45) is 6.30. The van der Waals surface area contributed by atoms with Gasteiger partial charge in [0.25, 0.3) is 5.91 Å². The molecule has 3 heterocycles. The number of anilines is 2. The van der Waals surface area contributed by atoms with Crippen LogP contribution in [-0.4, -0.2) is 94.5 Å². The summed E-state index contributed by atoms with van der Waals surface area (Å²) in [5, 5.41) is 9.30. The van der Waals surface area contributed by atoms with Crippen LogP contribution >= 0.6 is 15.9 Å². The largest absolute Gasteiger partial charge is 0.396 e. The zero-order chi connectivity index (χ0) is 35.1. The Morgan fingerprint density at radius 2 is 1.61 bits per heavy atom. The number of carbonyl (C=O) groups excluding carboxylic acids is 3. The summed E-state index contributed by atoms with van der Waals surface area (Å²) in [5.74, 6) is -2.13. The molecule has 10 heteroatoms. The number of unbranched alkanes of at least 4 members (excludes halogenated alkanes) is 3. The molecule has 3 aliphatic heterocycles. The smallest absolute Gasteiger partial charge is 0.253 e. The lowest BCUT2D eigenvalue weighted by atomic mass is 9.70. The summed E-state index contributed by atoms with van der Waals surface area (Å²) in [6, 6.07) is 16.8. The summed E-state index contributed by atoms with van der Waals surface area (Å²) < 4.78 is 6.84. The van der Waals surface area contributed by atoms with E-state index < -0.39 is 29.6 Å². The number of benzene rings is 2. The van der Waals surface area contributed by atoms with Crippen molar-refractivity contribution in [1.29, 1.82) is 0 Å². The summed E-state index contributed by atoms with van der Waals surface area (Å²) in [4.78, 5) is 51.4. The van der Waals surface area contributed by atoms with Gasteiger partial charge in [-0.3, -0.25) is 14.4 Å². The molecule has 0 radical (unpaired) electrons. The SMILES string of the molecule is C=CCN(Cc1ccccc1)C(=O)[C@H]1[C@H]2C(=O)N(CCCCCCO)C(C(=O)N(CC=C)c3ccc(N(CC)CC)cc3)C23CC(Br)[C@@H]1O3. The van der Waals surface area contributed by atoms with E-state index in [-0.39, 0.29) is 35.7 Å². The first-order chi connectivity index (χ1) is 23.8. The third-order valence-electron chi connectivity index (χ3n) is 10.4. The molecule has 3 unspecified atom stereocenters. The topological polar surface area (TPSA) is 93.6 Å². The van der Waals surface area contributed by atoms with Crippen molar-refractivity contribution in [3.05, 3.63) is 85.5 Å². The second-order valence-corrected chi connectivity index (χ2v) is 14.4. The monoisotopic (exact) mass is 734 g/mol. The Morgan fingerprint density at radius 1 is 0.959 bits per heavy atom. The van der Waals surface area contributed by atoms with Crippen molar-refractivity contribution in [2.75, 3.05) is 49.1 Å². The molecule has 3 fully saturated rings. The Balaban J connectivity index is 1.51. The summed E-state index contributed by atoms with van der Waals surface area (Å²) in [7, 11) is 0. The predicted molar refractivity (Wildman–Crippen MR) is 198 cm³/mol. The van der Waals surface area contributed by atoms with Crippen LogP contribution in [-0.2, 0) is 25.7 Å². The average molecular weight is 736 g/mol. The number of aliphatic hydroxyl groups excluding tert-OH is 1. The molecular formula is C39H51BrN4O5. The number of likely N-dealkylation sites (tertiary alicyclic amines) is 1. The number of amides is 3. The molecule has 3 aliphatic rings. The van der Waals surface area contributed by atoms with Gasteiger partial charge in [-0.25, -0.2) is 0 Å². The zero-order valence-electron chi connectivity index (χ0n) is 28.9. The molecule has 49 heavy (non-hydrogen) atoms. The number of alkyl halides is 1. The Morgan fingerprint density at radius 3 is 2.24 bits per heavy atom. The molecule has 5 rings (SSSR count). The number of aliphatic hydroxyl groups is 1. The van der Waals surface area contributed by atoms with Crippen molar-refractivity contribution < 1.29 is 24.2 Å². The Kier molecular flexibility index (Phi) is 12.4. The molecule has 0 saturated carbocycles. The number of hydrogen-bond acceptors (Lipinski definition) is 6. The Labute approximate surface area is 299 Å². The van der Waals surface area contributed by atoms with E-state index in [0.717, 1.165) is 37.2 Å². The van der Waals surface area contributed by atoms with Gasteiger partial charge in [-0.2, -0.15) is 0 Å². The first-order valence-electron chi connectivity index (χ1n) is 17.7. The van der Waals surface area contributed by atoms with Gasteiger partial charge >= 0.3 is 0 Å². The number of carbonyl (C=O) groups is 3. The van der Waals surface area contributed by atoms with Crippen molar-refractivity contribution in [3.8, 4) is 0 Å². The van der Waals surface area contributed by atoms with Gasteiger partial charge in [0.1, 0.15) is 11.6 Å². The number of hydrogen-bond donors (Lipinski definition) is 1. The Bertz CT molecular complexity index is 1470. The van der Waals surface area contributed by atoms with Gasteiger partial charge in [-0.1, -0.05) is 71.3 Å². The minimum atomic E-state index is -1.16. The highest BCUT2D eigenvalue weighted by Gasteiger charge is 2.76. The van der Waals surface area contributed by atoms with Gasteiger partial charge in [-0.05, 0) is 62.9 Å². The average Bonchev–Trinajstić information content (AvgIpc) is 3.70. The molecule has 3 saturated heterocycles. The second-order valence-electron chi connectivity index (χ2n) is 13.3. The maximum atomic E-state index is 15.0. The van der Waals surface area contributed by atoms with Gasteiger partial charge in [0.2, 0.25) is 11.8 Å². The molecule has 2 aromatic carbocycles. The van der Waals surface area contributed by atoms with Crippen molar-refractivity contribution >= 4 is 45.0 Å². The Hall–Kier alpha value is -3.47. The quantitative estimate of drug-likeness (QED) is 0.122. The van der Waals surface area contributed by atoms with Crippen LogP contribution in [0.15, 0.2) is 79.9 Å². The first-order valence-corrected chi connectivity index (χ1v) is 18.6. The number of ether oxygens (including phenoxy) is 1. The summed E-state index contributed by atoms with van der Waals surface area (Å²) in [5.41, 5.74) is 1.60. The van der Waals surface area contributed by atoms with Crippen LogP contribution in [0.1, 0.15) is 51.5 Å². The van der Waals surface area contributed by atoms with E-state index in [0.29, 0.717) is 44.6 Å². The lowest BCUT2D eigenvalue weighted by Gasteiger charge is -2.37. The standard InChI is InChI=1S/C39H51BrN4O5/c1-5-22-42(27-28-16-12-11-13-17-28)36(46)32-33-37(47)44(24-14-9-10-15-25-45)35(39(33)26-31(40)34(32)49-39)38(48)43(23-6-2)30-20-18-29(19-21-30)41(7-3)8-4/h5-6,11-13,16-21,31-35,45H,1-2,7-10,14-15,22-27H2,3-4H3/t31?,32-,33-,34-,35?,39?/m0/s1. The third kappa shape index (κ3) is 7.23. The molecular weight excluding hydrogens is 684 g/mol. The zero-order valence-corrected chi connectivity index (χ0v) is 30.5. The van der Waals surface area contributed by atoms with Crippen LogP contribution in [0, 0.1) is 11.8 Å². The van der Waals surface area contributed by atoms with E-state index in [1.807, 2.05) is 54.6 Å². The molecule has 264 valence electrons. The normalized spacial score (nSPS) is 25.3. The van der Waals surface area contributed by atoms with Crippen molar-refractivity contribution in [2.24, 2.45) is 11.8 Å². The molecule has 1 N–H and O–H groups in total. The van der Waals surface area contributed by atoms with E-state index in [2.05, 4.69) is 47.8 Å². The van der Waals surface area contributed by atoms with Crippen LogP contribution in [0.5, 0.6) is 0 Å². The summed E-state index contributed by atoms with van der Waals surface area (Å²) >= 11 is 3.82. The van der Waals surface area contributed by atoms with Crippen molar-refractivity contribution in [2.45, 2.75) is 75.1 Å². The summed E-state index contributed by atoms with van der Waals surface area (Å²) in [6.45, 7) is 15.3. The lowest BCUT2D eigenvalue weighted by molar-refractivity contribution is -0.145. The van der Waals surface area contributed by atoms with Crippen LogP contribution in [0.4, 0.5) is 11.4 Å². The maximum Gasteiger partial charge on any atom is 0.253 e. The fourth-order valence-electron chi connectivity index (χ4n) is 8.11. The molecule has 1 spiro atoms. The van der Waals surface area contributed by atoms with E-state index in [1.165, 1.54) is 0 Å². The van der Waals surface area contributed by atoms with E-state index in [1.54, 1.807) is 26.9 Å². The molecule has 2 aromatic rings. The van der Waals surface area contributed by atoms with E-state index in [9.17, 15) is 19.5 Å². The minimum Gasteiger partial charge on any atom is -0.396 e. The molecule has 0 aromatic heterocycles. The van der Waals surface area contributed by atoms with E-state index >= 15 is 0 Å². The lowest BCUT2D eigenvalue weighted by Crippen LogP contribution is -2.57. The highest BCUT2D eigenvalue weighted by Crippen LogP contribution is 2.60. The minimum absolute atomic E-state index is 0.119. The van der Waals surface area contributed by atoms with Crippen molar-refractivity contribution in [1.82, 2.24) is 9.80 Å². The molecule has 3 amide bonds. The number of nitrogens with zero attached hydrogens (tertiary/aromatic N) is 4. The predicted octanol–water partition coefficient (Wildman–Crippen LogP) is 5.57. The van der Waals surface area contributed by atoms with E-state index in [4.69, 9.17) is 4.74 Å². The highest BCUT2D eigenvalue weighted by atomic mass is 79.9. The van der Waals surface area contributed by atoms with Crippen LogP contribution in [0.2, 0.25) is 0 Å². The fraction of sp³-hybridized carbons (Fsp3) is 0.513. The number of fused-ring (bicyclic) bond motifs is 1. The molecule has 2 bridgehead atoms. The maximum absolute atomic E-state index is 15.0. The second kappa shape index (κ2) is 16.5. The van der Waals surface area contributed by atoms with Crippen LogP contribution in [0.25, 0.3) is 0 Å². The third-order valence-corrected chi connectivity index (χ3v) is 11.2. The molecule has 9 nitrogen and oxygen atoms in total. The number of rotatable bonds is 18. The fourth-order valence-corrected chi connectivity index (χ4v) is 9.06. The van der Waals surface area contributed by atoms with Crippen LogP contribution in [0.3, 0.4) is 0 Å². The van der Waals surface area contributed by atoms with Crippen LogP contribution < -0.4 is 9.80 Å². The first kappa shape index (κ1) is 36.8. The van der Waals surface area contributed by atoms with Gasteiger partial charge in [0.05, 0.1) is 17.9 Å². The number of halogens is 1.